The molecule has 7 nitrogen and oxygen atoms in total. The molecule has 0 saturated heterocycles. The summed E-state index contributed by atoms with van der Waals surface area (Å²) < 4.78 is 14.7. The van der Waals surface area contributed by atoms with Gasteiger partial charge in [-0.05, 0) is 55.8 Å². The highest BCUT2D eigenvalue weighted by Crippen LogP contribution is 2.23. The van der Waals surface area contributed by atoms with Crippen molar-refractivity contribution in [3.63, 3.8) is 0 Å². The van der Waals surface area contributed by atoms with E-state index in [2.05, 4.69) is 10.4 Å². The maximum Gasteiger partial charge on any atom is 0.270 e. The van der Waals surface area contributed by atoms with Gasteiger partial charge < -0.3 is 5.32 Å². The smallest absolute Gasteiger partial charge is 0.270 e. The molecule has 1 N–H and O–H groups in total. The Morgan fingerprint density at radius 1 is 1.21 bits per heavy atom. The number of nitrogens with zero attached hydrogens (tertiary/aromatic N) is 3. The van der Waals surface area contributed by atoms with E-state index in [1.165, 1.54) is 41.1 Å². The number of carbonyl (C=O) groups excluding carboxylic acids is 1. The van der Waals surface area contributed by atoms with E-state index < -0.39 is 4.92 Å². The molecule has 0 aliphatic heterocycles. The monoisotopic (exact) mass is 382 g/mol. The third-order valence-corrected chi connectivity index (χ3v) is 4.38. The van der Waals surface area contributed by atoms with E-state index in [1.54, 1.807) is 18.2 Å². The van der Waals surface area contributed by atoms with Crippen LogP contribution in [0.1, 0.15) is 30.8 Å². The molecule has 28 heavy (non-hydrogen) atoms. The van der Waals surface area contributed by atoms with Crippen molar-refractivity contribution in [3.8, 4) is 16.9 Å². The first-order valence-electron chi connectivity index (χ1n) is 8.80. The number of carbonyl (C=O) groups is 1. The van der Waals surface area contributed by atoms with E-state index in [0.717, 1.165) is 6.42 Å². The molecule has 0 bridgehead atoms. The Bertz CT molecular complexity index is 997. The fourth-order valence-electron chi connectivity index (χ4n) is 2.62. The molecular formula is C20H19FN4O3. The maximum absolute atomic E-state index is 13.2. The van der Waals surface area contributed by atoms with Crippen molar-refractivity contribution in [1.82, 2.24) is 15.1 Å². The first kappa shape index (κ1) is 19.2. The number of hydrogen-bond acceptors (Lipinski definition) is 4. The SMILES string of the molecule is CCC(C)NC(=O)c1cc(-c2ccc(F)cc2)nn1-c1ccc([N+](=O)[O-])cc1. The summed E-state index contributed by atoms with van der Waals surface area (Å²) in [6.45, 7) is 3.86. The lowest BCUT2D eigenvalue weighted by molar-refractivity contribution is -0.384. The van der Waals surface area contributed by atoms with Gasteiger partial charge in [-0.1, -0.05) is 6.92 Å². The minimum Gasteiger partial charge on any atom is -0.348 e. The van der Waals surface area contributed by atoms with Crippen LogP contribution in [0, 0.1) is 15.9 Å². The van der Waals surface area contributed by atoms with Crippen LogP contribution < -0.4 is 5.32 Å². The second-order valence-corrected chi connectivity index (χ2v) is 6.39. The van der Waals surface area contributed by atoms with Crippen LogP contribution in [0.15, 0.2) is 54.6 Å². The van der Waals surface area contributed by atoms with Crippen LogP contribution in [-0.2, 0) is 0 Å². The molecule has 1 amide bonds. The predicted octanol–water partition coefficient (Wildman–Crippen LogP) is 4.11. The van der Waals surface area contributed by atoms with Gasteiger partial charge in [-0.2, -0.15) is 5.10 Å². The lowest BCUT2D eigenvalue weighted by Crippen LogP contribution is -2.33. The highest BCUT2D eigenvalue weighted by Gasteiger charge is 2.19. The Morgan fingerprint density at radius 3 is 2.43 bits per heavy atom. The highest BCUT2D eigenvalue weighted by atomic mass is 19.1. The molecule has 1 atom stereocenters. The van der Waals surface area contributed by atoms with E-state index in [1.807, 2.05) is 13.8 Å². The number of halogens is 1. The number of rotatable bonds is 6. The topological polar surface area (TPSA) is 90.1 Å². The second-order valence-electron chi connectivity index (χ2n) is 6.39. The lowest BCUT2D eigenvalue weighted by atomic mass is 10.1. The largest absolute Gasteiger partial charge is 0.348 e. The van der Waals surface area contributed by atoms with E-state index >= 15 is 0 Å². The van der Waals surface area contributed by atoms with E-state index in [9.17, 15) is 19.3 Å². The summed E-state index contributed by atoms with van der Waals surface area (Å²) in [6.07, 6.45) is 0.766. The van der Waals surface area contributed by atoms with Crippen LogP contribution in [0.2, 0.25) is 0 Å². The van der Waals surface area contributed by atoms with Crippen molar-refractivity contribution < 1.29 is 14.1 Å². The van der Waals surface area contributed by atoms with Crippen LogP contribution in [0.4, 0.5) is 10.1 Å². The van der Waals surface area contributed by atoms with Crippen LogP contribution >= 0.6 is 0 Å². The van der Waals surface area contributed by atoms with Gasteiger partial charge in [0.05, 0.1) is 16.3 Å². The Kier molecular flexibility index (Phi) is 5.49. The number of nitrogens with one attached hydrogen (secondary N) is 1. The second kappa shape index (κ2) is 7.99. The summed E-state index contributed by atoms with van der Waals surface area (Å²) in [5.74, 6) is -0.679. The van der Waals surface area contributed by atoms with Crippen LogP contribution in [0.25, 0.3) is 16.9 Å². The molecule has 1 heterocycles. The average Bonchev–Trinajstić information content (AvgIpc) is 3.14. The zero-order valence-corrected chi connectivity index (χ0v) is 15.4. The Morgan fingerprint density at radius 2 is 1.86 bits per heavy atom. The molecular weight excluding hydrogens is 363 g/mol. The van der Waals surface area contributed by atoms with Gasteiger partial charge in [0.15, 0.2) is 0 Å². The third-order valence-electron chi connectivity index (χ3n) is 4.38. The average molecular weight is 382 g/mol. The molecule has 0 aliphatic carbocycles. The molecule has 3 aromatic rings. The molecule has 0 radical (unpaired) electrons. The van der Waals surface area contributed by atoms with Crippen LogP contribution in [0.5, 0.6) is 0 Å². The zero-order chi connectivity index (χ0) is 20.3. The van der Waals surface area contributed by atoms with E-state index in [-0.39, 0.29) is 29.1 Å². The number of non-ortho nitro benzene ring substituents is 1. The standard InChI is InChI=1S/C20H19FN4O3/c1-3-13(2)22-20(26)19-12-18(14-4-6-15(21)7-5-14)23-24(19)16-8-10-17(11-9-16)25(27)28/h4-13H,3H2,1-2H3,(H,22,26). The Labute approximate surface area is 161 Å². The van der Waals surface area contributed by atoms with Gasteiger partial charge in [-0.3, -0.25) is 14.9 Å². The predicted molar refractivity (Wildman–Crippen MR) is 103 cm³/mol. The maximum atomic E-state index is 13.2. The molecule has 1 aromatic heterocycles. The fourth-order valence-corrected chi connectivity index (χ4v) is 2.62. The highest BCUT2D eigenvalue weighted by molar-refractivity contribution is 5.94. The summed E-state index contributed by atoms with van der Waals surface area (Å²) in [6, 6.07) is 13.1. The molecule has 0 aliphatic rings. The summed E-state index contributed by atoms with van der Waals surface area (Å²) >= 11 is 0. The first-order chi connectivity index (χ1) is 13.4. The number of benzene rings is 2. The quantitative estimate of drug-likeness (QED) is 0.513. The normalized spacial score (nSPS) is 11.8. The summed E-state index contributed by atoms with van der Waals surface area (Å²) in [7, 11) is 0. The molecule has 3 rings (SSSR count). The lowest BCUT2D eigenvalue weighted by Gasteiger charge is -2.12. The van der Waals surface area contributed by atoms with Gasteiger partial charge in [0.25, 0.3) is 11.6 Å². The number of aromatic nitrogens is 2. The van der Waals surface area contributed by atoms with Crippen LogP contribution in [0.3, 0.4) is 0 Å². The molecule has 144 valence electrons. The Balaban J connectivity index is 2.06. The molecule has 8 heteroatoms. The van der Waals surface area contributed by atoms with E-state index in [4.69, 9.17) is 0 Å². The number of amides is 1. The van der Waals surface area contributed by atoms with Gasteiger partial charge in [0.1, 0.15) is 11.5 Å². The molecule has 0 spiro atoms. The number of nitro groups is 1. The van der Waals surface area contributed by atoms with Gasteiger partial charge in [-0.25, -0.2) is 9.07 Å². The van der Waals surface area contributed by atoms with Crippen molar-refractivity contribution in [2.75, 3.05) is 0 Å². The van der Waals surface area contributed by atoms with Crippen molar-refractivity contribution >= 4 is 11.6 Å². The van der Waals surface area contributed by atoms with Crippen molar-refractivity contribution in [3.05, 3.63) is 76.2 Å². The molecule has 0 fully saturated rings. The van der Waals surface area contributed by atoms with Crippen molar-refractivity contribution in [2.45, 2.75) is 26.3 Å². The fraction of sp³-hybridized carbons (Fsp3) is 0.200. The van der Waals surface area contributed by atoms with Gasteiger partial charge in [0.2, 0.25) is 0 Å². The minimum absolute atomic E-state index is 0.0259. The third kappa shape index (κ3) is 4.06. The van der Waals surface area contributed by atoms with E-state index in [0.29, 0.717) is 16.9 Å². The summed E-state index contributed by atoms with van der Waals surface area (Å²) in [5, 5.41) is 18.2. The molecule has 0 saturated carbocycles. The minimum atomic E-state index is -0.493. The van der Waals surface area contributed by atoms with Crippen molar-refractivity contribution in [2.24, 2.45) is 0 Å². The van der Waals surface area contributed by atoms with Gasteiger partial charge in [-0.15, -0.1) is 0 Å². The zero-order valence-electron chi connectivity index (χ0n) is 15.4. The summed E-state index contributed by atoms with van der Waals surface area (Å²) in [5.41, 5.74) is 1.88. The first-order valence-corrected chi connectivity index (χ1v) is 8.80. The van der Waals surface area contributed by atoms with Gasteiger partial charge in [0, 0.05) is 23.7 Å². The van der Waals surface area contributed by atoms with Crippen molar-refractivity contribution in [1.29, 1.82) is 0 Å². The number of hydrogen-bond donors (Lipinski definition) is 1. The molecule has 2 aromatic carbocycles. The molecule has 1 unspecified atom stereocenters. The number of nitro benzene ring substituents is 1. The Hall–Kier alpha value is -3.55. The van der Waals surface area contributed by atoms with Crippen LogP contribution in [-0.4, -0.2) is 26.7 Å². The van der Waals surface area contributed by atoms with Gasteiger partial charge >= 0.3 is 0 Å². The summed E-state index contributed by atoms with van der Waals surface area (Å²) in [4.78, 5) is 23.1.